The van der Waals surface area contributed by atoms with Crippen LogP contribution in [-0.4, -0.2) is 64.0 Å². The van der Waals surface area contributed by atoms with Crippen LogP contribution in [0.4, 0.5) is 5.69 Å². The molecule has 1 aliphatic heterocycles. The molecule has 3 aromatic rings. The summed E-state index contributed by atoms with van der Waals surface area (Å²) in [5.41, 5.74) is 2.10. The Morgan fingerprint density at radius 2 is 1.62 bits per heavy atom. The van der Waals surface area contributed by atoms with E-state index in [0.717, 1.165) is 31.8 Å². The quantitative estimate of drug-likeness (QED) is 0.535. The van der Waals surface area contributed by atoms with Crippen molar-refractivity contribution in [2.75, 3.05) is 44.6 Å². The Hall–Kier alpha value is -3.36. The summed E-state index contributed by atoms with van der Waals surface area (Å²) < 4.78 is 33.0. The first-order chi connectivity index (χ1) is 16.4. The zero-order valence-corrected chi connectivity index (χ0v) is 20.0. The number of hydrogen-bond acceptors (Lipinski definition) is 5. The number of methoxy groups -OCH3 is 1. The Morgan fingerprint density at radius 3 is 2.29 bits per heavy atom. The fourth-order valence-electron chi connectivity index (χ4n) is 3.97. The maximum Gasteiger partial charge on any atom is 0.261 e. The van der Waals surface area contributed by atoms with Crippen molar-refractivity contribution in [2.45, 2.75) is 11.3 Å². The molecule has 1 amide bonds. The summed E-state index contributed by atoms with van der Waals surface area (Å²) in [4.78, 5) is 17.4. The van der Waals surface area contributed by atoms with Gasteiger partial charge < -0.3 is 9.64 Å². The second kappa shape index (κ2) is 10.7. The van der Waals surface area contributed by atoms with Gasteiger partial charge in [0, 0.05) is 44.0 Å². The second-order valence-electron chi connectivity index (χ2n) is 8.23. The van der Waals surface area contributed by atoms with Gasteiger partial charge in [0.15, 0.2) is 0 Å². The fraction of sp³-hybridized carbons (Fsp3) is 0.269. The van der Waals surface area contributed by atoms with Crippen molar-refractivity contribution < 1.29 is 17.9 Å². The third-order valence-corrected chi connectivity index (χ3v) is 7.35. The molecule has 0 aromatic heterocycles. The van der Waals surface area contributed by atoms with Gasteiger partial charge in [0.05, 0.1) is 12.0 Å². The molecule has 7 nitrogen and oxygen atoms in total. The summed E-state index contributed by atoms with van der Waals surface area (Å²) >= 11 is 0. The van der Waals surface area contributed by atoms with Gasteiger partial charge >= 0.3 is 0 Å². The van der Waals surface area contributed by atoms with Crippen LogP contribution in [0.15, 0.2) is 83.8 Å². The van der Waals surface area contributed by atoms with E-state index in [0.29, 0.717) is 24.3 Å². The maximum atomic E-state index is 13.1. The topological polar surface area (TPSA) is 79.0 Å². The molecule has 178 valence electrons. The van der Waals surface area contributed by atoms with Crippen molar-refractivity contribution >= 4 is 21.6 Å². The average molecular weight is 480 g/mol. The lowest BCUT2D eigenvalue weighted by Gasteiger charge is -2.34. The first kappa shape index (κ1) is 23.8. The van der Waals surface area contributed by atoms with E-state index < -0.39 is 10.0 Å². The summed E-state index contributed by atoms with van der Waals surface area (Å²) in [6.07, 6.45) is 0.946. The van der Waals surface area contributed by atoms with E-state index in [1.54, 1.807) is 49.6 Å². The number of sulfonamides is 1. The highest BCUT2D eigenvalue weighted by Crippen LogP contribution is 2.19. The van der Waals surface area contributed by atoms with Crippen molar-refractivity contribution in [1.29, 1.82) is 0 Å². The summed E-state index contributed by atoms with van der Waals surface area (Å²) in [7, 11) is -2.05. The summed E-state index contributed by atoms with van der Waals surface area (Å²) in [5.74, 6) is 0.767. The lowest BCUT2D eigenvalue weighted by atomic mass is 10.1. The molecule has 8 heteroatoms. The van der Waals surface area contributed by atoms with Gasteiger partial charge in [-0.1, -0.05) is 36.4 Å². The normalized spacial score (nSPS) is 14.6. The van der Waals surface area contributed by atoms with Gasteiger partial charge in [-0.25, -0.2) is 8.42 Å². The smallest absolute Gasteiger partial charge is 0.261 e. The number of carbonyl (C=O) groups is 1. The number of amides is 1. The van der Waals surface area contributed by atoms with Gasteiger partial charge in [0.2, 0.25) is 0 Å². The van der Waals surface area contributed by atoms with Crippen LogP contribution in [0.5, 0.6) is 5.75 Å². The molecule has 0 saturated carbocycles. The minimum absolute atomic E-state index is 0.0874. The van der Waals surface area contributed by atoms with Crippen LogP contribution in [0.25, 0.3) is 0 Å². The molecule has 0 aliphatic carbocycles. The minimum atomic E-state index is -3.71. The van der Waals surface area contributed by atoms with Crippen LogP contribution >= 0.6 is 0 Å². The van der Waals surface area contributed by atoms with Crippen LogP contribution in [0.1, 0.15) is 15.9 Å². The molecular formula is C26H29N3O4S. The lowest BCUT2D eigenvalue weighted by molar-refractivity contribution is 0.0638. The van der Waals surface area contributed by atoms with Crippen LogP contribution in [0.2, 0.25) is 0 Å². The van der Waals surface area contributed by atoms with Gasteiger partial charge in [-0.3, -0.25) is 14.4 Å². The molecule has 1 aliphatic rings. The molecule has 0 spiro atoms. The molecule has 1 heterocycles. The number of nitrogens with zero attached hydrogens (tertiary/aromatic N) is 2. The number of hydrogen-bond donors (Lipinski definition) is 1. The molecule has 0 atom stereocenters. The van der Waals surface area contributed by atoms with Gasteiger partial charge in [0.25, 0.3) is 15.9 Å². The molecule has 1 saturated heterocycles. The van der Waals surface area contributed by atoms with Gasteiger partial charge in [0.1, 0.15) is 5.75 Å². The predicted molar refractivity (Wildman–Crippen MR) is 133 cm³/mol. The number of benzene rings is 3. The molecule has 0 unspecified atom stereocenters. The first-order valence-electron chi connectivity index (χ1n) is 11.3. The Bertz CT molecular complexity index is 1210. The highest BCUT2D eigenvalue weighted by molar-refractivity contribution is 7.92. The standard InChI is InChI=1S/C26H29N3O4S/c1-33-24-12-10-21(11-13-24)14-15-28-16-18-29(19-17-28)26(30)22-6-5-7-23(20-22)27-34(31,32)25-8-3-2-4-9-25/h2-13,20,27H,14-19H2,1H3. The third-order valence-electron chi connectivity index (χ3n) is 5.95. The van der Waals surface area contributed by atoms with Gasteiger partial charge in [-0.05, 0) is 54.4 Å². The van der Waals surface area contributed by atoms with Crippen LogP contribution in [0.3, 0.4) is 0 Å². The number of rotatable bonds is 8. The monoisotopic (exact) mass is 479 g/mol. The van der Waals surface area contributed by atoms with Crippen molar-refractivity contribution in [2.24, 2.45) is 0 Å². The zero-order chi connectivity index (χ0) is 24.0. The van der Waals surface area contributed by atoms with Crippen LogP contribution in [-0.2, 0) is 16.4 Å². The van der Waals surface area contributed by atoms with Crippen molar-refractivity contribution in [3.63, 3.8) is 0 Å². The van der Waals surface area contributed by atoms with Crippen molar-refractivity contribution in [3.05, 3.63) is 90.0 Å². The Kier molecular flexibility index (Phi) is 7.49. The molecular weight excluding hydrogens is 450 g/mol. The summed E-state index contributed by atoms with van der Waals surface area (Å²) in [6, 6.07) is 22.9. The Morgan fingerprint density at radius 1 is 0.912 bits per heavy atom. The summed E-state index contributed by atoms with van der Waals surface area (Å²) in [6.45, 7) is 3.83. The Labute approximate surface area is 201 Å². The van der Waals surface area contributed by atoms with Crippen molar-refractivity contribution in [1.82, 2.24) is 9.80 Å². The van der Waals surface area contributed by atoms with E-state index in [1.807, 2.05) is 17.0 Å². The maximum absolute atomic E-state index is 13.1. The lowest BCUT2D eigenvalue weighted by Crippen LogP contribution is -2.49. The van der Waals surface area contributed by atoms with E-state index in [4.69, 9.17) is 4.74 Å². The minimum Gasteiger partial charge on any atom is -0.497 e. The number of ether oxygens (including phenoxy) is 1. The third kappa shape index (κ3) is 5.95. The molecule has 0 radical (unpaired) electrons. The number of piperazine rings is 1. The second-order valence-corrected chi connectivity index (χ2v) is 9.91. The van der Waals surface area contributed by atoms with E-state index in [9.17, 15) is 13.2 Å². The Balaban J connectivity index is 1.31. The molecule has 4 rings (SSSR count). The highest BCUT2D eigenvalue weighted by Gasteiger charge is 2.22. The molecule has 1 fully saturated rings. The van der Waals surface area contributed by atoms with Gasteiger partial charge in [-0.2, -0.15) is 0 Å². The number of nitrogens with one attached hydrogen (secondary N) is 1. The van der Waals surface area contributed by atoms with E-state index >= 15 is 0 Å². The van der Waals surface area contributed by atoms with Gasteiger partial charge in [-0.15, -0.1) is 0 Å². The number of carbonyl (C=O) groups excluding carboxylic acids is 1. The summed E-state index contributed by atoms with van der Waals surface area (Å²) in [5, 5.41) is 0. The number of anilines is 1. The average Bonchev–Trinajstić information content (AvgIpc) is 2.88. The highest BCUT2D eigenvalue weighted by atomic mass is 32.2. The molecule has 3 aromatic carbocycles. The SMILES string of the molecule is COc1ccc(CCN2CCN(C(=O)c3cccc(NS(=O)(=O)c4ccccc4)c3)CC2)cc1. The van der Waals surface area contributed by atoms with Crippen molar-refractivity contribution in [3.8, 4) is 5.75 Å². The first-order valence-corrected chi connectivity index (χ1v) is 12.8. The van der Waals surface area contributed by atoms with E-state index in [2.05, 4.69) is 21.8 Å². The van der Waals surface area contributed by atoms with E-state index in [1.165, 1.54) is 17.7 Å². The van der Waals surface area contributed by atoms with E-state index in [-0.39, 0.29) is 10.8 Å². The fourth-order valence-corrected chi connectivity index (χ4v) is 5.04. The molecule has 34 heavy (non-hydrogen) atoms. The largest absolute Gasteiger partial charge is 0.497 e. The van der Waals surface area contributed by atoms with Crippen LogP contribution < -0.4 is 9.46 Å². The van der Waals surface area contributed by atoms with Crippen LogP contribution in [0, 0.1) is 0 Å². The predicted octanol–water partition coefficient (Wildman–Crippen LogP) is 3.50. The molecule has 0 bridgehead atoms. The zero-order valence-electron chi connectivity index (χ0n) is 19.2. The molecule has 1 N–H and O–H groups in total.